The zero-order valence-electron chi connectivity index (χ0n) is 66.1. The molecule has 26 nitrogen and oxygen atoms in total. The summed E-state index contributed by atoms with van der Waals surface area (Å²) in [6.45, 7) is 14.4. The molecule has 2 saturated carbocycles. The van der Waals surface area contributed by atoms with Gasteiger partial charge in [-0.25, -0.2) is 29.1 Å². The van der Waals surface area contributed by atoms with E-state index in [-0.39, 0.29) is 48.7 Å². The second kappa shape index (κ2) is 38.8. The summed E-state index contributed by atoms with van der Waals surface area (Å²) in [6, 6.07) is 27.3. The Bertz CT molecular complexity index is 4150. The fourth-order valence-electron chi connectivity index (χ4n) is 15.1. The number of hydrogen-bond donors (Lipinski definition) is 8. The van der Waals surface area contributed by atoms with Gasteiger partial charge in [-0.15, -0.1) is 0 Å². The Kier molecular flexibility index (Phi) is 29.5. The maximum atomic E-state index is 14.3. The van der Waals surface area contributed by atoms with Crippen molar-refractivity contribution in [3.05, 3.63) is 132 Å². The normalized spacial score (nSPS) is 18.9. The molecule has 0 spiro atoms. The van der Waals surface area contributed by atoms with Crippen LogP contribution in [0.15, 0.2) is 132 Å². The van der Waals surface area contributed by atoms with Gasteiger partial charge in [0.25, 0.3) is 0 Å². The number of carbonyl (C=O) groups excluding carboxylic acids is 8. The zero-order chi connectivity index (χ0) is 81.1. The highest BCUT2D eigenvalue weighted by molar-refractivity contribution is 6.05. The van der Waals surface area contributed by atoms with Crippen LogP contribution in [0.5, 0.6) is 23.0 Å². The van der Waals surface area contributed by atoms with Crippen LogP contribution < -0.4 is 50.8 Å². The number of aromatic nitrogens is 2. The highest BCUT2D eigenvalue weighted by Crippen LogP contribution is 2.40. The molecular formula is C86H108N8O18. The van der Waals surface area contributed by atoms with Crippen LogP contribution in [0.3, 0.4) is 0 Å². The van der Waals surface area contributed by atoms with Gasteiger partial charge in [0.1, 0.15) is 71.5 Å². The number of carboxylic acid groups (broad SMARTS) is 2. The van der Waals surface area contributed by atoms with Crippen molar-refractivity contribution in [2.45, 2.75) is 207 Å². The van der Waals surface area contributed by atoms with Crippen LogP contribution in [-0.2, 0) is 57.4 Å². The smallest absolute Gasteiger partial charge is 0.328 e. The Balaban J connectivity index is 0.000000257. The van der Waals surface area contributed by atoms with Gasteiger partial charge in [0.05, 0.1) is 62.7 Å². The van der Waals surface area contributed by atoms with Crippen molar-refractivity contribution in [2.24, 2.45) is 34.5 Å². The third kappa shape index (κ3) is 21.8. The highest BCUT2D eigenvalue weighted by atomic mass is 16.5. The monoisotopic (exact) mass is 1540 g/mol. The van der Waals surface area contributed by atoms with Gasteiger partial charge >= 0.3 is 23.9 Å². The molecule has 10 atom stereocenters. The number of fused-ring (bicyclic) bond motifs is 2. The molecule has 600 valence electrons. The maximum Gasteiger partial charge on any atom is 0.328 e. The minimum absolute atomic E-state index is 0.0200. The lowest BCUT2D eigenvalue weighted by Crippen LogP contribution is -2.58. The Labute approximate surface area is 654 Å². The minimum Gasteiger partial charge on any atom is -0.497 e. The number of aliphatic carboxylic acids is 2. The fraction of sp³-hybridized carbons (Fsp3) is 0.488. The van der Waals surface area contributed by atoms with Gasteiger partial charge in [-0.3, -0.25) is 28.8 Å². The van der Waals surface area contributed by atoms with Crippen molar-refractivity contribution in [1.29, 1.82) is 0 Å². The third-order valence-corrected chi connectivity index (χ3v) is 21.2. The Hall–Kier alpha value is -10.9. The van der Waals surface area contributed by atoms with Crippen molar-refractivity contribution in [2.75, 3.05) is 28.4 Å². The van der Waals surface area contributed by atoms with Crippen LogP contribution in [-0.4, -0.2) is 156 Å². The first-order valence-electron chi connectivity index (χ1n) is 38.8. The topological polar surface area (TPSA) is 364 Å². The minimum atomic E-state index is -1.18. The molecule has 6 aromatic rings. The maximum absolute atomic E-state index is 14.3. The van der Waals surface area contributed by atoms with Crippen molar-refractivity contribution < 1.29 is 86.6 Å². The molecule has 6 amide bonds. The molecule has 4 aromatic carbocycles. The zero-order valence-corrected chi connectivity index (χ0v) is 66.1. The summed E-state index contributed by atoms with van der Waals surface area (Å²) in [5.74, 6) is -7.52. The lowest BCUT2D eigenvalue weighted by molar-refractivity contribution is -0.148. The summed E-state index contributed by atoms with van der Waals surface area (Å²) >= 11 is 0. The van der Waals surface area contributed by atoms with Crippen LogP contribution in [0.2, 0.25) is 0 Å². The SMILES string of the molecule is CCC[C@H](NC(=O)[C@@H]1C[C@@H](Oc2cc(-c3ccccc3)nc3cc(OC)ccc23)C=C1C(=O)N[C@H](C(=O)N[C@H](C(=O)OC)C1CCCCC1)C(C)(C)C)C(=O)O.CCC[C@H](NC(=O)[C@H]1C[C@H](Oc2cc(-c3ccccc3)nc3cc(OC)ccc23)C=C1C(=O)N[C@H](C(=O)N[C@H](C(=O)OC)C1CCCCC1)C(C)(C)C)C(=O)O. The second-order valence-electron chi connectivity index (χ2n) is 31.4. The van der Waals surface area contributed by atoms with Gasteiger partial charge < -0.3 is 70.5 Å². The Morgan fingerprint density at radius 3 is 1.13 bits per heavy atom. The number of carboxylic acids is 2. The molecule has 2 aromatic heterocycles. The molecule has 0 aliphatic heterocycles. The van der Waals surface area contributed by atoms with Crippen LogP contribution in [0.25, 0.3) is 44.3 Å². The summed E-state index contributed by atoms with van der Waals surface area (Å²) in [6.07, 6.45) is 11.9. The van der Waals surface area contributed by atoms with Crippen molar-refractivity contribution in [3.8, 4) is 45.5 Å². The van der Waals surface area contributed by atoms with E-state index in [9.17, 15) is 58.2 Å². The fourth-order valence-corrected chi connectivity index (χ4v) is 15.1. The van der Waals surface area contributed by atoms with Crippen molar-refractivity contribution in [1.82, 2.24) is 41.9 Å². The highest BCUT2D eigenvalue weighted by Gasteiger charge is 2.46. The van der Waals surface area contributed by atoms with Gasteiger partial charge in [0.2, 0.25) is 35.4 Å². The molecule has 2 fully saturated rings. The number of esters is 2. The molecule has 112 heavy (non-hydrogen) atoms. The van der Waals surface area contributed by atoms with Gasteiger partial charge in [-0.2, -0.15) is 0 Å². The number of nitrogens with one attached hydrogen (secondary N) is 6. The molecule has 0 bridgehead atoms. The van der Waals surface area contributed by atoms with E-state index >= 15 is 0 Å². The lowest BCUT2D eigenvalue weighted by Gasteiger charge is -2.34. The van der Waals surface area contributed by atoms with Crippen LogP contribution >= 0.6 is 0 Å². The van der Waals surface area contributed by atoms with E-state index < -0.39 is 130 Å². The first kappa shape index (κ1) is 85.1. The standard InChI is InChI=1S/2C43H54N4O9/c2*1-7-14-32(41(51)52)45-38(48)30-21-28(56-35-24-33(25-15-10-8-11-16-25)44-34-23-27(54-5)19-20-29(34)35)22-31(30)39(49)47-37(43(2,3)4)40(50)46-36(42(53)55-6)26-17-12-9-13-18-26/h2*8,10-11,15-16,19-20,22-24,26,28,30,32,36-37H,7,9,12-14,17-18,21H2,1-6H3,(H,45,48)(H,46,50)(H,47,49)(H,51,52)/t28-,30-,32+,36+,37-;28-,30-,32-,36-,37+/m10/s1. The van der Waals surface area contributed by atoms with E-state index in [4.69, 9.17) is 38.4 Å². The first-order valence-corrected chi connectivity index (χ1v) is 38.8. The largest absolute Gasteiger partial charge is 0.497 e. The number of amides is 6. The lowest BCUT2D eigenvalue weighted by atomic mass is 9.82. The number of carbonyl (C=O) groups is 10. The molecule has 0 saturated heterocycles. The molecule has 0 unspecified atom stereocenters. The molecule has 10 rings (SSSR count). The Morgan fingerprint density at radius 2 is 0.821 bits per heavy atom. The predicted molar refractivity (Wildman–Crippen MR) is 421 cm³/mol. The Morgan fingerprint density at radius 1 is 0.464 bits per heavy atom. The molecule has 2 heterocycles. The first-order chi connectivity index (χ1) is 53.5. The van der Waals surface area contributed by atoms with Gasteiger partial charge in [0.15, 0.2) is 0 Å². The summed E-state index contributed by atoms with van der Waals surface area (Å²) in [4.78, 5) is 144. The number of nitrogens with zero attached hydrogens (tertiary/aromatic N) is 2. The van der Waals surface area contributed by atoms with E-state index in [2.05, 4.69) is 31.9 Å². The summed E-state index contributed by atoms with van der Waals surface area (Å²) < 4.78 is 34.3. The number of methoxy groups -OCH3 is 4. The second-order valence-corrected chi connectivity index (χ2v) is 31.4. The van der Waals surface area contributed by atoms with E-state index in [0.29, 0.717) is 69.0 Å². The molecule has 4 aliphatic rings. The van der Waals surface area contributed by atoms with E-state index in [0.717, 1.165) is 75.3 Å². The number of rotatable bonds is 30. The number of ether oxygens (including phenoxy) is 6. The van der Waals surface area contributed by atoms with E-state index in [1.807, 2.05) is 86.6 Å². The average molecular weight is 1540 g/mol. The predicted octanol–water partition coefficient (Wildman–Crippen LogP) is 11.5. The van der Waals surface area contributed by atoms with Crippen LogP contribution in [0.4, 0.5) is 0 Å². The summed E-state index contributed by atoms with van der Waals surface area (Å²) in [7, 11) is 5.70. The van der Waals surface area contributed by atoms with Crippen molar-refractivity contribution >= 4 is 81.1 Å². The van der Waals surface area contributed by atoms with Crippen LogP contribution in [0, 0.1) is 34.5 Å². The van der Waals surface area contributed by atoms with Gasteiger partial charge in [0, 0.05) is 70.2 Å². The number of benzene rings is 4. The number of hydrogen-bond acceptors (Lipinski definition) is 18. The third-order valence-electron chi connectivity index (χ3n) is 21.2. The van der Waals surface area contributed by atoms with Crippen molar-refractivity contribution in [3.63, 3.8) is 0 Å². The van der Waals surface area contributed by atoms with Gasteiger partial charge in [-0.1, -0.05) is 167 Å². The van der Waals surface area contributed by atoms with E-state index in [1.54, 1.807) is 104 Å². The molecular weight excluding hydrogens is 1430 g/mol. The van der Waals surface area contributed by atoms with Crippen LogP contribution in [0.1, 0.15) is 158 Å². The molecule has 0 radical (unpaired) electrons. The van der Waals surface area contributed by atoms with E-state index in [1.165, 1.54) is 14.2 Å². The number of pyridine rings is 2. The molecule has 8 N–H and O–H groups in total. The molecule has 26 heteroatoms. The summed E-state index contributed by atoms with van der Waals surface area (Å²) in [5.41, 5.74) is 2.62. The summed E-state index contributed by atoms with van der Waals surface area (Å²) in [5, 5.41) is 37.8. The van der Waals surface area contributed by atoms with Gasteiger partial charge in [-0.05, 0) is 97.6 Å². The average Bonchev–Trinajstić information content (AvgIpc) is 1.42. The quantitative estimate of drug-likeness (QED) is 0.0194. The molecule has 4 aliphatic carbocycles.